The minimum absolute atomic E-state index is 0.576. The van der Waals surface area contributed by atoms with E-state index in [1.54, 1.807) is 7.11 Å². The van der Waals surface area contributed by atoms with Gasteiger partial charge in [0.05, 0.1) is 12.7 Å². The van der Waals surface area contributed by atoms with E-state index in [9.17, 15) is 5.11 Å². The van der Waals surface area contributed by atoms with Gasteiger partial charge in [0.25, 0.3) is 0 Å². The van der Waals surface area contributed by atoms with Crippen LogP contribution in [-0.4, -0.2) is 41.8 Å². The Kier molecular flexibility index (Phi) is 4.07. The van der Waals surface area contributed by atoms with E-state index < -0.39 is 5.60 Å². The van der Waals surface area contributed by atoms with Crippen molar-refractivity contribution in [3.05, 3.63) is 28.2 Å². The molecule has 2 unspecified atom stereocenters. The molecule has 0 radical (unpaired) electrons. The van der Waals surface area contributed by atoms with Crippen LogP contribution in [0.4, 0.5) is 0 Å². The first-order chi connectivity index (χ1) is 9.59. The molecule has 1 N–H and O–H groups in total. The summed E-state index contributed by atoms with van der Waals surface area (Å²) in [6.45, 7) is 2.23. The Labute approximate surface area is 129 Å². The molecule has 0 spiro atoms. The van der Waals surface area contributed by atoms with Gasteiger partial charge in [-0.25, -0.2) is 0 Å². The van der Waals surface area contributed by atoms with E-state index in [0.29, 0.717) is 12.5 Å². The first-order valence-electron chi connectivity index (χ1n) is 7.38. The molecule has 0 aliphatic carbocycles. The van der Waals surface area contributed by atoms with Crippen LogP contribution in [0.3, 0.4) is 0 Å². The van der Waals surface area contributed by atoms with Crippen LogP contribution in [0.5, 0.6) is 5.75 Å². The highest BCUT2D eigenvalue weighted by Gasteiger charge is 2.40. The Morgan fingerprint density at radius 2 is 2.30 bits per heavy atom. The van der Waals surface area contributed by atoms with Crippen molar-refractivity contribution in [1.29, 1.82) is 0 Å². The Hall–Kier alpha value is -0.580. The Morgan fingerprint density at radius 3 is 3.10 bits per heavy atom. The molecule has 2 fully saturated rings. The van der Waals surface area contributed by atoms with Gasteiger partial charge in [0.15, 0.2) is 0 Å². The topological polar surface area (TPSA) is 32.7 Å². The second-order valence-corrected chi connectivity index (χ2v) is 7.06. The predicted molar refractivity (Wildman–Crippen MR) is 83.2 cm³/mol. The number of halogens is 1. The number of ether oxygens (including phenoxy) is 1. The van der Waals surface area contributed by atoms with Gasteiger partial charge in [0.2, 0.25) is 0 Å². The van der Waals surface area contributed by atoms with Crippen molar-refractivity contribution in [2.24, 2.45) is 0 Å². The van der Waals surface area contributed by atoms with Crippen LogP contribution >= 0.6 is 15.9 Å². The van der Waals surface area contributed by atoms with Crippen molar-refractivity contribution < 1.29 is 9.84 Å². The van der Waals surface area contributed by atoms with Gasteiger partial charge < -0.3 is 14.7 Å². The van der Waals surface area contributed by atoms with E-state index in [-0.39, 0.29) is 0 Å². The van der Waals surface area contributed by atoms with Gasteiger partial charge in [-0.1, -0.05) is 15.9 Å². The smallest absolute Gasteiger partial charge is 0.122 e. The van der Waals surface area contributed by atoms with Crippen molar-refractivity contribution in [3.63, 3.8) is 0 Å². The SMILES string of the molecule is COc1ccc(Br)cc1CC1(O)CCN2CCCC2C1. The summed E-state index contributed by atoms with van der Waals surface area (Å²) in [7, 11) is 1.69. The molecule has 0 bridgehead atoms. The number of piperidine rings is 1. The van der Waals surface area contributed by atoms with E-state index >= 15 is 0 Å². The van der Waals surface area contributed by atoms with Crippen LogP contribution in [0.2, 0.25) is 0 Å². The maximum Gasteiger partial charge on any atom is 0.122 e. The number of benzene rings is 1. The predicted octanol–water partition coefficient (Wildman–Crippen LogP) is 2.99. The number of fused-ring (bicyclic) bond motifs is 1. The lowest BCUT2D eigenvalue weighted by molar-refractivity contribution is -0.0357. The summed E-state index contributed by atoms with van der Waals surface area (Å²) in [5.74, 6) is 0.871. The number of aliphatic hydroxyl groups is 1. The summed E-state index contributed by atoms with van der Waals surface area (Å²) in [6.07, 6.45) is 4.95. The van der Waals surface area contributed by atoms with Crippen LogP contribution in [0.15, 0.2) is 22.7 Å². The summed E-state index contributed by atoms with van der Waals surface area (Å²) in [4.78, 5) is 2.53. The summed E-state index contributed by atoms with van der Waals surface area (Å²) >= 11 is 3.51. The van der Waals surface area contributed by atoms with Gasteiger partial charge in [0.1, 0.15) is 5.75 Å². The average molecular weight is 340 g/mol. The normalized spacial score (nSPS) is 30.2. The van der Waals surface area contributed by atoms with E-state index in [1.807, 2.05) is 12.1 Å². The molecule has 0 amide bonds. The van der Waals surface area contributed by atoms with Crippen LogP contribution in [0.1, 0.15) is 31.2 Å². The molecule has 1 aromatic carbocycles. The molecule has 0 aromatic heterocycles. The van der Waals surface area contributed by atoms with Crippen LogP contribution in [0.25, 0.3) is 0 Å². The second kappa shape index (κ2) is 5.66. The van der Waals surface area contributed by atoms with E-state index in [1.165, 1.54) is 19.4 Å². The molecule has 4 heteroatoms. The molecule has 2 aliphatic heterocycles. The molecule has 3 nitrogen and oxygen atoms in total. The fourth-order valence-electron chi connectivity index (χ4n) is 3.71. The molecule has 20 heavy (non-hydrogen) atoms. The lowest BCUT2D eigenvalue weighted by Crippen LogP contribution is -2.48. The summed E-state index contributed by atoms with van der Waals surface area (Å²) in [6, 6.07) is 6.59. The van der Waals surface area contributed by atoms with Crippen molar-refractivity contribution in [2.75, 3.05) is 20.2 Å². The number of hydrogen-bond acceptors (Lipinski definition) is 3. The highest BCUT2D eigenvalue weighted by atomic mass is 79.9. The Morgan fingerprint density at radius 1 is 1.45 bits per heavy atom. The number of hydrogen-bond donors (Lipinski definition) is 1. The van der Waals surface area contributed by atoms with Crippen molar-refractivity contribution in [1.82, 2.24) is 4.90 Å². The Bertz CT molecular complexity index is 493. The first kappa shape index (κ1) is 14.4. The largest absolute Gasteiger partial charge is 0.496 e. The molecule has 2 aliphatic rings. The standard InChI is InChI=1S/C16H22BrNO2/c1-20-15-5-4-13(17)9-12(15)10-16(19)6-8-18-7-2-3-14(18)11-16/h4-5,9,14,19H,2-3,6-8,10-11H2,1H3. The zero-order valence-electron chi connectivity index (χ0n) is 11.9. The molecule has 0 saturated carbocycles. The van der Waals surface area contributed by atoms with Crippen molar-refractivity contribution in [3.8, 4) is 5.75 Å². The molecule has 2 saturated heterocycles. The quantitative estimate of drug-likeness (QED) is 0.918. The Balaban J connectivity index is 1.78. The van der Waals surface area contributed by atoms with Crippen LogP contribution in [-0.2, 0) is 6.42 Å². The fourth-order valence-corrected chi connectivity index (χ4v) is 4.12. The minimum atomic E-state index is -0.584. The van der Waals surface area contributed by atoms with Gasteiger partial charge >= 0.3 is 0 Å². The third kappa shape index (κ3) is 2.87. The third-order valence-electron chi connectivity index (χ3n) is 4.74. The summed E-state index contributed by atoms with van der Waals surface area (Å²) < 4.78 is 6.47. The summed E-state index contributed by atoms with van der Waals surface area (Å²) in [5.41, 5.74) is 0.510. The lowest BCUT2D eigenvalue weighted by atomic mass is 9.81. The lowest BCUT2D eigenvalue weighted by Gasteiger charge is -2.41. The maximum absolute atomic E-state index is 11.0. The van der Waals surface area contributed by atoms with Gasteiger partial charge in [-0.3, -0.25) is 0 Å². The zero-order valence-corrected chi connectivity index (χ0v) is 13.5. The zero-order chi connectivity index (χ0) is 14.2. The number of rotatable bonds is 3. The molecule has 1 aromatic rings. The molecule has 2 atom stereocenters. The molecular formula is C16H22BrNO2. The van der Waals surface area contributed by atoms with Gasteiger partial charge in [-0.05, 0) is 56.0 Å². The van der Waals surface area contributed by atoms with E-state index in [2.05, 4.69) is 26.9 Å². The monoisotopic (exact) mass is 339 g/mol. The molecule has 110 valence electrons. The van der Waals surface area contributed by atoms with E-state index in [4.69, 9.17) is 4.74 Å². The van der Waals surface area contributed by atoms with E-state index in [0.717, 1.165) is 35.2 Å². The van der Waals surface area contributed by atoms with Crippen molar-refractivity contribution >= 4 is 15.9 Å². The summed E-state index contributed by atoms with van der Waals surface area (Å²) in [5, 5.41) is 11.0. The first-order valence-corrected chi connectivity index (χ1v) is 8.18. The molecule has 2 heterocycles. The van der Waals surface area contributed by atoms with Crippen LogP contribution in [0, 0.1) is 0 Å². The van der Waals surface area contributed by atoms with Crippen LogP contribution < -0.4 is 4.74 Å². The third-order valence-corrected chi connectivity index (χ3v) is 5.23. The highest BCUT2D eigenvalue weighted by molar-refractivity contribution is 9.10. The van der Waals surface area contributed by atoms with Crippen molar-refractivity contribution in [2.45, 2.75) is 43.7 Å². The van der Waals surface area contributed by atoms with Gasteiger partial charge in [-0.15, -0.1) is 0 Å². The fraction of sp³-hybridized carbons (Fsp3) is 0.625. The number of nitrogens with zero attached hydrogens (tertiary/aromatic N) is 1. The second-order valence-electron chi connectivity index (χ2n) is 6.14. The molecular weight excluding hydrogens is 318 g/mol. The van der Waals surface area contributed by atoms with Gasteiger partial charge in [-0.2, -0.15) is 0 Å². The minimum Gasteiger partial charge on any atom is -0.496 e. The highest BCUT2D eigenvalue weighted by Crippen LogP contribution is 2.37. The number of methoxy groups -OCH3 is 1. The maximum atomic E-state index is 11.0. The average Bonchev–Trinajstić information content (AvgIpc) is 2.85. The molecule has 3 rings (SSSR count). The van der Waals surface area contributed by atoms with Gasteiger partial charge in [0, 0.05) is 23.5 Å².